The summed E-state index contributed by atoms with van der Waals surface area (Å²) in [6, 6.07) is 0.325. The number of nitrogens with two attached hydrogens (primary N) is 2. The Hall–Kier alpha value is -1.43. The number of alkyl halides is 3. The first-order valence-corrected chi connectivity index (χ1v) is 4.14. The van der Waals surface area contributed by atoms with Gasteiger partial charge in [0.25, 0.3) is 0 Å². The zero-order valence-corrected chi connectivity index (χ0v) is 7.97. The van der Waals surface area contributed by atoms with E-state index in [0.29, 0.717) is 5.56 Å². The van der Waals surface area contributed by atoms with Crippen LogP contribution in [0.1, 0.15) is 17.2 Å². The van der Waals surface area contributed by atoms with E-state index in [9.17, 15) is 18.3 Å². The van der Waals surface area contributed by atoms with E-state index >= 15 is 0 Å². The van der Waals surface area contributed by atoms with Gasteiger partial charge >= 0.3 is 6.18 Å². The minimum Gasteiger partial charge on any atom is -0.505 e. The smallest absolute Gasteiger partial charge is 0.407 e. The van der Waals surface area contributed by atoms with Crippen molar-refractivity contribution in [1.82, 2.24) is 0 Å². The van der Waals surface area contributed by atoms with Crippen LogP contribution in [0.25, 0.3) is 0 Å². The van der Waals surface area contributed by atoms with Crippen LogP contribution in [0, 0.1) is 6.92 Å². The van der Waals surface area contributed by atoms with Crippen molar-refractivity contribution in [3.05, 3.63) is 23.3 Å². The minimum atomic E-state index is -4.60. The summed E-state index contributed by atoms with van der Waals surface area (Å²) < 4.78 is 36.9. The number of anilines is 1. The lowest BCUT2D eigenvalue weighted by atomic mass is 10.0. The van der Waals surface area contributed by atoms with Crippen LogP contribution in [0.4, 0.5) is 18.9 Å². The van der Waals surface area contributed by atoms with Crippen molar-refractivity contribution in [2.45, 2.75) is 19.1 Å². The first-order chi connectivity index (χ1) is 6.73. The van der Waals surface area contributed by atoms with Crippen LogP contribution in [0.3, 0.4) is 0 Å². The predicted octanol–water partition coefficient (Wildman–Crippen LogP) is 1.84. The second-order valence-electron chi connectivity index (χ2n) is 3.31. The maximum absolute atomic E-state index is 12.3. The first-order valence-electron chi connectivity index (χ1n) is 4.14. The number of nitrogen functional groups attached to an aromatic ring is 1. The number of hydrogen-bond donors (Lipinski definition) is 3. The van der Waals surface area contributed by atoms with Gasteiger partial charge in [0.05, 0.1) is 5.69 Å². The largest absolute Gasteiger partial charge is 0.505 e. The van der Waals surface area contributed by atoms with Gasteiger partial charge in [-0.2, -0.15) is 13.2 Å². The van der Waals surface area contributed by atoms with Crippen molar-refractivity contribution in [3.63, 3.8) is 0 Å². The van der Waals surface area contributed by atoms with Gasteiger partial charge in [0, 0.05) is 5.56 Å². The number of benzene rings is 1. The monoisotopic (exact) mass is 220 g/mol. The Balaban J connectivity index is 3.25. The third kappa shape index (κ3) is 2.33. The Morgan fingerprint density at radius 3 is 2.33 bits per heavy atom. The molecular weight excluding hydrogens is 209 g/mol. The third-order valence-electron chi connectivity index (χ3n) is 2.00. The molecule has 5 N–H and O–H groups in total. The van der Waals surface area contributed by atoms with Crippen molar-refractivity contribution in [2.24, 2.45) is 5.73 Å². The summed E-state index contributed by atoms with van der Waals surface area (Å²) in [6.45, 7) is 1.57. The number of phenols is 1. The van der Waals surface area contributed by atoms with Crippen molar-refractivity contribution >= 4 is 5.69 Å². The standard InChI is InChI=1S/C9H11F3N2O/c1-4-2-5(7(15)6(13)3-4)8(14)9(10,11)12/h2-3,8,15H,13-14H2,1H3/t8-/m1/s1. The summed E-state index contributed by atoms with van der Waals surface area (Å²) >= 11 is 0. The Morgan fingerprint density at radius 2 is 1.87 bits per heavy atom. The minimum absolute atomic E-state index is 0.107. The fraction of sp³-hybridized carbons (Fsp3) is 0.333. The van der Waals surface area contributed by atoms with Gasteiger partial charge in [-0.3, -0.25) is 0 Å². The number of hydrogen-bond acceptors (Lipinski definition) is 3. The van der Waals surface area contributed by atoms with Crippen molar-refractivity contribution in [3.8, 4) is 5.75 Å². The summed E-state index contributed by atoms with van der Waals surface area (Å²) in [7, 11) is 0. The second kappa shape index (κ2) is 3.62. The maximum Gasteiger partial charge on any atom is 0.407 e. The van der Waals surface area contributed by atoms with Crippen LogP contribution in [0.15, 0.2) is 12.1 Å². The van der Waals surface area contributed by atoms with Gasteiger partial charge in [-0.25, -0.2) is 0 Å². The molecule has 0 bridgehead atoms. The highest BCUT2D eigenvalue weighted by Gasteiger charge is 2.39. The zero-order valence-electron chi connectivity index (χ0n) is 7.97. The highest BCUT2D eigenvalue weighted by molar-refractivity contribution is 5.58. The van der Waals surface area contributed by atoms with Gasteiger partial charge in [-0.05, 0) is 18.6 Å². The molecule has 1 rings (SSSR count). The number of aryl methyl sites for hydroxylation is 1. The Bertz CT molecular complexity index is 376. The molecule has 0 aromatic heterocycles. The molecular formula is C9H11F3N2O. The van der Waals surface area contributed by atoms with Gasteiger partial charge in [-0.15, -0.1) is 0 Å². The second-order valence-corrected chi connectivity index (χ2v) is 3.31. The molecule has 0 aliphatic heterocycles. The molecule has 1 atom stereocenters. The molecule has 3 nitrogen and oxygen atoms in total. The van der Waals surface area contributed by atoms with Crippen LogP contribution in [-0.2, 0) is 0 Å². The van der Waals surface area contributed by atoms with E-state index in [0.717, 1.165) is 0 Å². The van der Waals surface area contributed by atoms with E-state index in [1.54, 1.807) is 6.92 Å². The normalized spacial score (nSPS) is 13.9. The Morgan fingerprint density at radius 1 is 1.33 bits per heavy atom. The number of phenolic OH excluding ortho intramolecular Hbond substituents is 1. The van der Waals surface area contributed by atoms with E-state index in [4.69, 9.17) is 11.5 Å². The molecule has 1 aromatic rings. The molecule has 0 aliphatic carbocycles. The van der Waals surface area contributed by atoms with Crippen LogP contribution in [-0.4, -0.2) is 11.3 Å². The lowest BCUT2D eigenvalue weighted by molar-refractivity contribution is -0.149. The lowest BCUT2D eigenvalue weighted by Gasteiger charge is -2.18. The molecule has 0 aliphatic rings. The molecule has 0 unspecified atom stereocenters. The molecule has 1 aromatic carbocycles. The summed E-state index contributed by atoms with van der Waals surface area (Å²) in [5, 5.41) is 9.35. The molecule has 0 fully saturated rings. The maximum atomic E-state index is 12.3. The van der Waals surface area contributed by atoms with Gasteiger partial charge in [0.15, 0.2) is 0 Å². The number of halogens is 3. The summed E-state index contributed by atoms with van der Waals surface area (Å²) in [4.78, 5) is 0. The number of aromatic hydroxyl groups is 1. The van der Waals surface area contributed by atoms with E-state index in [1.165, 1.54) is 12.1 Å². The average Bonchev–Trinajstić information content (AvgIpc) is 2.08. The van der Waals surface area contributed by atoms with Gasteiger partial charge in [-0.1, -0.05) is 6.07 Å². The molecule has 0 heterocycles. The summed E-state index contributed by atoms with van der Waals surface area (Å²) in [5.41, 5.74) is 10.3. The van der Waals surface area contributed by atoms with Crippen LogP contribution >= 0.6 is 0 Å². The van der Waals surface area contributed by atoms with Gasteiger partial charge in [0.1, 0.15) is 11.8 Å². The number of rotatable bonds is 1. The molecule has 0 spiro atoms. The van der Waals surface area contributed by atoms with Gasteiger partial charge < -0.3 is 16.6 Å². The third-order valence-corrected chi connectivity index (χ3v) is 2.00. The van der Waals surface area contributed by atoms with Crippen LogP contribution in [0.2, 0.25) is 0 Å². The zero-order chi connectivity index (χ0) is 11.8. The van der Waals surface area contributed by atoms with E-state index in [2.05, 4.69) is 0 Å². The summed E-state index contributed by atoms with van der Waals surface area (Å²) in [6.07, 6.45) is -4.60. The van der Waals surface area contributed by atoms with Crippen molar-refractivity contribution in [2.75, 3.05) is 5.73 Å². The average molecular weight is 220 g/mol. The predicted molar refractivity (Wildman–Crippen MR) is 50.2 cm³/mol. The van der Waals surface area contributed by atoms with Gasteiger partial charge in [0.2, 0.25) is 0 Å². The SMILES string of the molecule is Cc1cc(N)c(O)c([C@@H](N)C(F)(F)F)c1. The van der Waals surface area contributed by atoms with E-state index in [1.807, 2.05) is 0 Å². The van der Waals surface area contributed by atoms with Crippen molar-refractivity contribution in [1.29, 1.82) is 0 Å². The lowest BCUT2D eigenvalue weighted by Crippen LogP contribution is -2.28. The molecule has 0 radical (unpaired) electrons. The fourth-order valence-corrected chi connectivity index (χ4v) is 1.25. The highest BCUT2D eigenvalue weighted by Crippen LogP contribution is 2.38. The topological polar surface area (TPSA) is 72.3 Å². The van der Waals surface area contributed by atoms with Crippen molar-refractivity contribution < 1.29 is 18.3 Å². The Kier molecular flexibility index (Phi) is 2.81. The molecule has 0 saturated carbocycles. The highest BCUT2D eigenvalue weighted by atomic mass is 19.4. The van der Waals surface area contributed by atoms with Crippen LogP contribution < -0.4 is 11.5 Å². The molecule has 6 heteroatoms. The van der Waals surface area contributed by atoms with E-state index < -0.39 is 23.5 Å². The molecule has 15 heavy (non-hydrogen) atoms. The molecule has 0 saturated heterocycles. The Labute approximate surface area is 84.5 Å². The molecule has 0 amide bonds. The summed E-state index contributed by atoms with van der Waals surface area (Å²) in [5.74, 6) is -0.606. The van der Waals surface area contributed by atoms with E-state index in [-0.39, 0.29) is 5.69 Å². The molecule has 84 valence electrons. The first kappa shape index (κ1) is 11.6. The quantitative estimate of drug-likeness (QED) is 0.499. The van der Waals surface area contributed by atoms with Crippen LogP contribution in [0.5, 0.6) is 5.75 Å². The fourth-order valence-electron chi connectivity index (χ4n) is 1.25.